The number of hydrogen-bond donors (Lipinski definition) is 1. The molecular formula is C24H28N6O3. The second kappa shape index (κ2) is 8.96. The fourth-order valence-electron chi connectivity index (χ4n) is 4.60. The third-order valence-corrected chi connectivity index (χ3v) is 6.60. The second-order valence-corrected chi connectivity index (χ2v) is 8.84. The van der Waals surface area contributed by atoms with Crippen LogP contribution in [0.3, 0.4) is 0 Å². The maximum Gasteiger partial charge on any atom is 0.261 e. The summed E-state index contributed by atoms with van der Waals surface area (Å²) >= 11 is 0. The summed E-state index contributed by atoms with van der Waals surface area (Å²) in [5.74, 6) is 3.06. The van der Waals surface area contributed by atoms with E-state index in [2.05, 4.69) is 26.4 Å². The number of methoxy groups -OCH3 is 1. The van der Waals surface area contributed by atoms with Gasteiger partial charge < -0.3 is 24.2 Å². The van der Waals surface area contributed by atoms with Crippen molar-refractivity contribution in [3.05, 3.63) is 29.1 Å². The molecule has 0 unspecified atom stereocenters. The van der Waals surface area contributed by atoms with E-state index < -0.39 is 0 Å². The van der Waals surface area contributed by atoms with Crippen LogP contribution in [0.25, 0.3) is 22.4 Å². The molecule has 33 heavy (non-hydrogen) atoms. The van der Waals surface area contributed by atoms with Gasteiger partial charge in [0, 0.05) is 43.0 Å². The first-order valence-electron chi connectivity index (χ1n) is 11.4. The molecule has 0 atom stereocenters. The number of piperidine rings is 1. The van der Waals surface area contributed by atoms with Crippen LogP contribution in [0.5, 0.6) is 5.75 Å². The Morgan fingerprint density at radius 2 is 2.00 bits per heavy atom. The molecular weight excluding hydrogens is 420 g/mol. The van der Waals surface area contributed by atoms with Crippen molar-refractivity contribution in [1.82, 2.24) is 20.4 Å². The lowest BCUT2D eigenvalue weighted by Gasteiger charge is -2.36. The van der Waals surface area contributed by atoms with Crippen molar-refractivity contribution in [2.75, 3.05) is 44.9 Å². The van der Waals surface area contributed by atoms with E-state index in [0.717, 1.165) is 68.0 Å². The van der Waals surface area contributed by atoms with Crippen molar-refractivity contribution in [1.29, 1.82) is 5.26 Å². The zero-order valence-corrected chi connectivity index (χ0v) is 19.2. The second-order valence-electron chi connectivity index (χ2n) is 8.84. The van der Waals surface area contributed by atoms with Crippen molar-refractivity contribution < 1.29 is 14.0 Å². The largest absolute Gasteiger partial charge is 0.497 e. The average molecular weight is 449 g/mol. The van der Waals surface area contributed by atoms with Gasteiger partial charge in [-0.05, 0) is 38.3 Å². The predicted octanol–water partition coefficient (Wildman–Crippen LogP) is 2.99. The summed E-state index contributed by atoms with van der Waals surface area (Å²) in [6.07, 6.45) is 2.03. The Kier molecular flexibility index (Phi) is 5.87. The molecule has 2 saturated heterocycles. The highest BCUT2D eigenvalue weighted by Gasteiger charge is 2.28. The molecule has 172 valence electrons. The molecule has 2 aliphatic rings. The van der Waals surface area contributed by atoms with Gasteiger partial charge in [-0.1, -0.05) is 5.16 Å². The van der Waals surface area contributed by atoms with Crippen LogP contribution >= 0.6 is 0 Å². The van der Waals surface area contributed by atoms with Gasteiger partial charge in [0.25, 0.3) is 5.89 Å². The minimum absolute atomic E-state index is 0.445. The van der Waals surface area contributed by atoms with Crippen LogP contribution in [0.15, 0.2) is 16.7 Å². The first-order chi connectivity index (χ1) is 16.1. The van der Waals surface area contributed by atoms with E-state index in [4.69, 9.17) is 19.0 Å². The molecule has 0 aliphatic carbocycles. The number of benzene rings is 1. The van der Waals surface area contributed by atoms with Crippen LogP contribution < -0.4 is 15.0 Å². The van der Waals surface area contributed by atoms with E-state index in [1.807, 2.05) is 13.0 Å². The lowest BCUT2D eigenvalue weighted by atomic mass is 9.98. The molecule has 4 heterocycles. The first kappa shape index (κ1) is 21.6. The maximum atomic E-state index is 9.78. The maximum absolute atomic E-state index is 9.78. The zero-order chi connectivity index (χ0) is 22.9. The summed E-state index contributed by atoms with van der Waals surface area (Å²) in [4.78, 5) is 11.8. The number of anilines is 1. The van der Waals surface area contributed by atoms with Crippen molar-refractivity contribution in [2.45, 2.75) is 32.7 Å². The Morgan fingerprint density at radius 1 is 1.21 bits per heavy atom. The lowest BCUT2D eigenvalue weighted by Crippen LogP contribution is -2.46. The summed E-state index contributed by atoms with van der Waals surface area (Å²) in [6, 6.07) is 6.40. The first-order valence-corrected chi connectivity index (χ1v) is 11.4. The molecule has 2 aromatic heterocycles. The van der Waals surface area contributed by atoms with Crippen LogP contribution in [-0.4, -0.2) is 61.1 Å². The van der Waals surface area contributed by atoms with Crippen molar-refractivity contribution >= 4 is 16.7 Å². The van der Waals surface area contributed by atoms with E-state index >= 15 is 0 Å². The normalized spacial score (nSPS) is 17.2. The molecule has 1 aromatic carbocycles. The van der Waals surface area contributed by atoms with Crippen LogP contribution in [0, 0.1) is 31.1 Å². The molecule has 5 rings (SSSR count). The van der Waals surface area contributed by atoms with Gasteiger partial charge in [0.1, 0.15) is 17.6 Å². The van der Waals surface area contributed by atoms with Gasteiger partial charge >= 0.3 is 0 Å². The zero-order valence-electron chi connectivity index (χ0n) is 19.2. The topological polar surface area (TPSA) is 109 Å². The monoisotopic (exact) mass is 448 g/mol. The number of aromatic nitrogens is 3. The summed E-state index contributed by atoms with van der Waals surface area (Å²) in [6.45, 7) is 8.27. The molecule has 0 spiro atoms. The van der Waals surface area contributed by atoms with Crippen LogP contribution in [-0.2, 0) is 4.74 Å². The third-order valence-electron chi connectivity index (χ3n) is 6.60. The summed E-state index contributed by atoms with van der Waals surface area (Å²) < 4.78 is 16.3. The summed E-state index contributed by atoms with van der Waals surface area (Å²) in [5, 5.41) is 18.3. The van der Waals surface area contributed by atoms with Crippen molar-refractivity contribution in [3.63, 3.8) is 0 Å². The van der Waals surface area contributed by atoms with E-state index in [1.165, 1.54) is 0 Å². The van der Waals surface area contributed by atoms with Gasteiger partial charge in [0.05, 0.1) is 37.0 Å². The van der Waals surface area contributed by atoms with E-state index in [-0.39, 0.29) is 0 Å². The number of nitriles is 1. The number of ether oxygens (including phenoxy) is 2. The average Bonchev–Trinajstić information content (AvgIpc) is 3.23. The highest BCUT2D eigenvalue weighted by atomic mass is 16.5. The number of aryl methyl sites for hydroxylation is 2. The summed E-state index contributed by atoms with van der Waals surface area (Å²) in [7, 11) is 1.60. The molecule has 0 bridgehead atoms. The highest BCUT2D eigenvalue weighted by Crippen LogP contribution is 2.39. The molecule has 1 N–H and O–H groups in total. The van der Waals surface area contributed by atoms with Gasteiger partial charge in [0.15, 0.2) is 5.82 Å². The molecule has 2 aliphatic heterocycles. The Labute approximate surface area is 192 Å². The quantitative estimate of drug-likeness (QED) is 0.608. The third kappa shape index (κ3) is 4.12. The molecule has 3 aromatic rings. The van der Waals surface area contributed by atoms with Gasteiger partial charge in [-0.3, -0.25) is 0 Å². The van der Waals surface area contributed by atoms with Gasteiger partial charge in [-0.2, -0.15) is 10.2 Å². The molecule has 2 fully saturated rings. The SMILES string of the molecule is COc1cc(C#N)c2nc(N3CCC(NCC4COC4)CC3)c(-c3nc(C)no3)c(C)c2c1. The van der Waals surface area contributed by atoms with Crippen LogP contribution in [0.2, 0.25) is 0 Å². The van der Waals surface area contributed by atoms with E-state index in [9.17, 15) is 5.26 Å². The van der Waals surface area contributed by atoms with Crippen molar-refractivity contribution in [2.24, 2.45) is 5.92 Å². The number of hydrogen-bond acceptors (Lipinski definition) is 9. The number of pyridine rings is 1. The molecule has 0 saturated carbocycles. The fraction of sp³-hybridized carbons (Fsp3) is 0.500. The van der Waals surface area contributed by atoms with Gasteiger partial charge in [0.2, 0.25) is 0 Å². The Balaban J connectivity index is 1.52. The number of nitrogens with zero attached hydrogens (tertiary/aromatic N) is 5. The molecule has 9 nitrogen and oxygen atoms in total. The fourth-order valence-corrected chi connectivity index (χ4v) is 4.60. The number of fused-ring (bicyclic) bond motifs is 1. The van der Waals surface area contributed by atoms with Gasteiger partial charge in [-0.25, -0.2) is 4.98 Å². The van der Waals surface area contributed by atoms with Crippen LogP contribution in [0.1, 0.15) is 29.8 Å². The standard InChI is InChI=1S/C24H28N6O3/c1-14-20-9-19(31-3)8-17(10-25)22(20)28-23(21(14)24-27-15(2)29-33-24)30-6-4-18(5-7-30)26-11-16-12-32-13-16/h8-9,16,18,26H,4-7,11-13H2,1-3H3. The van der Waals surface area contributed by atoms with E-state index in [1.54, 1.807) is 20.1 Å². The Morgan fingerprint density at radius 3 is 2.61 bits per heavy atom. The minimum atomic E-state index is 0.445. The molecule has 0 amide bonds. The smallest absolute Gasteiger partial charge is 0.261 e. The van der Waals surface area contributed by atoms with Gasteiger partial charge in [-0.15, -0.1) is 0 Å². The molecule has 9 heteroatoms. The number of nitrogens with one attached hydrogen (secondary N) is 1. The Hall–Kier alpha value is -3.22. The number of rotatable bonds is 6. The van der Waals surface area contributed by atoms with E-state index in [0.29, 0.717) is 40.5 Å². The lowest BCUT2D eigenvalue weighted by molar-refractivity contribution is -0.0319. The molecule has 0 radical (unpaired) electrons. The minimum Gasteiger partial charge on any atom is -0.497 e. The summed E-state index contributed by atoms with van der Waals surface area (Å²) in [5.41, 5.74) is 2.91. The van der Waals surface area contributed by atoms with Crippen LogP contribution in [0.4, 0.5) is 5.82 Å². The Bertz CT molecular complexity index is 1210. The highest BCUT2D eigenvalue weighted by molar-refractivity contribution is 5.96. The van der Waals surface area contributed by atoms with Crippen molar-refractivity contribution in [3.8, 4) is 23.3 Å². The predicted molar refractivity (Wildman–Crippen MR) is 123 cm³/mol.